The molecular formula is C30H27BrF2N4O5. The lowest BCUT2D eigenvalue weighted by molar-refractivity contribution is -0.129. The van der Waals surface area contributed by atoms with E-state index in [1.807, 2.05) is 37.3 Å². The van der Waals surface area contributed by atoms with Gasteiger partial charge < -0.3 is 25.3 Å². The number of H-pyrrole nitrogens is 1. The Bertz CT molecular complexity index is 1560. The summed E-state index contributed by atoms with van der Waals surface area (Å²) in [4.78, 5) is 35.6. The van der Waals surface area contributed by atoms with Crippen molar-refractivity contribution in [3.8, 4) is 17.0 Å². The minimum Gasteiger partial charge on any atom is -0.491 e. The number of amides is 3. The molecule has 1 aliphatic heterocycles. The summed E-state index contributed by atoms with van der Waals surface area (Å²) in [5.41, 5.74) is 1.06. The van der Waals surface area contributed by atoms with Crippen LogP contribution in [-0.4, -0.2) is 56.3 Å². The molecule has 0 aliphatic carbocycles. The molecule has 1 aromatic heterocycles. The molecule has 3 aromatic carbocycles. The summed E-state index contributed by atoms with van der Waals surface area (Å²) in [5.74, 6) is -2.01. The molecule has 5 rings (SSSR count). The molecule has 4 aromatic rings. The summed E-state index contributed by atoms with van der Waals surface area (Å²) in [6, 6.07) is 15.3. The molecule has 4 atom stereocenters. The molecule has 2 heterocycles. The van der Waals surface area contributed by atoms with Gasteiger partial charge in [-0.15, -0.1) is 0 Å². The minimum atomic E-state index is -1.03. The molecule has 0 unspecified atom stereocenters. The number of benzene rings is 3. The maximum Gasteiger partial charge on any atom is 0.325 e. The number of aromatic nitrogens is 2. The van der Waals surface area contributed by atoms with Gasteiger partial charge in [-0.05, 0) is 35.4 Å². The topological polar surface area (TPSA) is 128 Å². The van der Waals surface area contributed by atoms with Crippen LogP contribution in [0, 0.1) is 11.6 Å². The Hall–Kier alpha value is -4.13. The molecule has 0 spiro atoms. The zero-order valence-corrected chi connectivity index (χ0v) is 23.9. The third-order valence-corrected chi connectivity index (χ3v) is 7.52. The van der Waals surface area contributed by atoms with Gasteiger partial charge in [0.1, 0.15) is 48.0 Å². The van der Waals surface area contributed by atoms with Crippen LogP contribution in [0.4, 0.5) is 13.6 Å². The Morgan fingerprint density at radius 3 is 2.38 bits per heavy atom. The number of hydrogen-bond acceptors (Lipinski definition) is 6. The number of aliphatic hydroxyl groups is 2. The number of urea groups is 1. The van der Waals surface area contributed by atoms with Crippen molar-refractivity contribution in [2.45, 2.75) is 31.0 Å². The van der Waals surface area contributed by atoms with Crippen molar-refractivity contribution in [3.63, 3.8) is 0 Å². The summed E-state index contributed by atoms with van der Waals surface area (Å²) in [5, 5.41) is 21.2. The maximum absolute atomic E-state index is 14.8. The minimum absolute atomic E-state index is 0.0586. The number of carbonyl (C=O) groups excluding carboxylic acids is 2. The SMILES string of the molecule is C[C@H](c1ccccc1)[C@@H](c1ncc(-c2c(F)cc(Br)cc2F)[nH]1)N1C(=O)N[C@H](c2ccc(OC[C@@H](O)CO)cc2)C1=O. The van der Waals surface area contributed by atoms with Crippen LogP contribution >= 0.6 is 15.9 Å². The van der Waals surface area contributed by atoms with Gasteiger partial charge in [0, 0.05) is 10.4 Å². The molecule has 0 saturated carbocycles. The van der Waals surface area contributed by atoms with Gasteiger partial charge in [0.2, 0.25) is 0 Å². The summed E-state index contributed by atoms with van der Waals surface area (Å²) >= 11 is 3.08. The molecule has 0 radical (unpaired) electrons. The number of halogens is 3. The van der Waals surface area contributed by atoms with Crippen LogP contribution in [-0.2, 0) is 4.79 Å². The predicted octanol–water partition coefficient (Wildman–Crippen LogP) is 4.99. The van der Waals surface area contributed by atoms with Crippen molar-refractivity contribution in [2.24, 2.45) is 0 Å². The van der Waals surface area contributed by atoms with Crippen LogP contribution < -0.4 is 10.1 Å². The summed E-state index contributed by atoms with van der Waals surface area (Å²) in [6.45, 7) is 1.29. The summed E-state index contributed by atoms with van der Waals surface area (Å²) in [6.07, 6.45) is 0.244. The van der Waals surface area contributed by atoms with Crippen LogP contribution in [0.5, 0.6) is 5.75 Å². The molecule has 1 saturated heterocycles. The van der Waals surface area contributed by atoms with Gasteiger partial charge in [0.05, 0.1) is 24.1 Å². The third-order valence-electron chi connectivity index (χ3n) is 7.07. The summed E-state index contributed by atoms with van der Waals surface area (Å²) in [7, 11) is 0. The van der Waals surface area contributed by atoms with Crippen LogP contribution in [0.3, 0.4) is 0 Å². The Morgan fingerprint density at radius 1 is 1.07 bits per heavy atom. The van der Waals surface area contributed by atoms with Crippen LogP contribution in [0.1, 0.15) is 41.9 Å². The second-order valence-electron chi connectivity index (χ2n) is 9.88. The van der Waals surface area contributed by atoms with Crippen LogP contribution in [0.15, 0.2) is 77.4 Å². The van der Waals surface area contributed by atoms with Gasteiger partial charge in [-0.1, -0.05) is 65.3 Å². The third kappa shape index (κ3) is 5.91. The maximum atomic E-state index is 14.8. The van der Waals surface area contributed by atoms with E-state index in [-0.39, 0.29) is 28.2 Å². The largest absolute Gasteiger partial charge is 0.491 e. The monoisotopic (exact) mass is 640 g/mol. The second-order valence-corrected chi connectivity index (χ2v) is 10.8. The van der Waals surface area contributed by atoms with Gasteiger partial charge in [0.15, 0.2) is 0 Å². The van der Waals surface area contributed by atoms with Crippen molar-refractivity contribution in [1.29, 1.82) is 0 Å². The first-order valence-electron chi connectivity index (χ1n) is 13.1. The van der Waals surface area contributed by atoms with Gasteiger partial charge >= 0.3 is 6.03 Å². The van der Waals surface area contributed by atoms with E-state index >= 15 is 0 Å². The molecule has 218 valence electrons. The Morgan fingerprint density at radius 2 is 1.74 bits per heavy atom. The fraction of sp³-hybridized carbons (Fsp3) is 0.233. The number of imide groups is 1. The number of hydrogen-bond donors (Lipinski definition) is 4. The van der Waals surface area contributed by atoms with E-state index in [2.05, 4.69) is 31.2 Å². The first kappa shape index (κ1) is 29.4. The molecule has 3 amide bonds. The zero-order chi connectivity index (χ0) is 30.0. The predicted molar refractivity (Wildman–Crippen MR) is 152 cm³/mol. The molecule has 9 nitrogen and oxygen atoms in total. The molecule has 12 heteroatoms. The van der Waals surface area contributed by atoms with Gasteiger partial charge in [-0.3, -0.25) is 9.69 Å². The standard InChI is InChI=1S/C30H27BrF2N4O5/c1-16(17-5-3-2-4-6-17)27(28-34-13-24(35-28)25-22(32)11-19(31)12-23(25)33)37-29(40)26(36-30(37)41)18-7-9-21(10-8-18)42-15-20(39)14-38/h2-13,16,20,26-27,38-39H,14-15H2,1H3,(H,34,35)(H,36,41)/t16-,20+,26-,27+/m1/s1. The average molecular weight is 641 g/mol. The Balaban J connectivity index is 1.48. The molecule has 42 heavy (non-hydrogen) atoms. The number of rotatable bonds is 10. The highest BCUT2D eigenvalue weighted by atomic mass is 79.9. The second kappa shape index (κ2) is 12.4. The normalized spacial score (nSPS) is 17.2. The fourth-order valence-corrected chi connectivity index (χ4v) is 5.32. The van der Waals surface area contributed by atoms with Gasteiger partial charge in [0.25, 0.3) is 5.91 Å². The highest BCUT2D eigenvalue weighted by molar-refractivity contribution is 9.10. The van der Waals surface area contributed by atoms with Crippen molar-refractivity contribution >= 4 is 27.9 Å². The van der Waals surface area contributed by atoms with Crippen LogP contribution in [0.2, 0.25) is 0 Å². The first-order chi connectivity index (χ1) is 20.2. The quantitative estimate of drug-likeness (QED) is 0.181. The highest BCUT2D eigenvalue weighted by Crippen LogP contribution is 2.40. The number of aliphatic hydroxyl groups excluding tert-OH is 2. The molecule has 0 bridgehead atoms. The lowest BCUT2D eigenvalue weighted by atomic mass is 9.91. The van der Waals surface area contributed by atoms with E-state index in [0.717, 1.165) is 22.6 Å². The highest BCUT2D eigenvalue weighted by Gasteiger charge is 2.46. The van der Waals surface area contributed by atoms with Crippen molar-refractivity contribution in [1.82, 2.24) is 20.2 Å². The summed E-state index contributed by atoms with van der Waals surface area (Å²) < 4.78 is 35.2. The zero-order valence-electron chi connectivity index (χ0n) is 22.3. The molecule has 4 N–H and O–H groups in total. The number of nitrogens with one attached hydrogen (secondary N) is 2. The van der Waals surface area contributed by atoms with E-state index in [9.17, 15) is 23.5 Å². The molecule has 1 aliphatic rings. The Labute approximate surface area is 248 Å². The average Bonchev–Trinajstić information content (AvgIpc) is 3.56. The lowest BCUT2D eigenvalue weighted by Gasteiger charge is -2.29. The number of carbonyl (C=O) groups is 2. The number of imidazole rings is 1. The van der Waals surface area contributed by atoms with E-state index in [4.69, 9.17) is 9.84 Å². The van der Waals surface area contributed by atoms with E-state index in [1.165, 1.54) is 6.20 Å². The van der Waals surface area contributed by atoms with E-state index < -0.39 is 54.3 Å². The van der Waals surface area contributed by atoms with Gasteiger partial charge in [-0.25, -0.2) is 18.6 Å². The Kier molecular flexibility index (Phi) is 8.66. The van der Waals surface area contributed by atoms with Crippen molar-refractivity contribution in [3.05, 3.63) is 106 Å². The number of aromatic amines is 1. The number of nitrogens with zero attached hydrogens (tertiary/aromatic N) is 2. The van der Waals surface area contributed by atoms with Gasteiger partial charge in [-0.2, -0.15) is 0 Å². The lowest BCUT2D eigenvalue weighted by Crippen LogP contribution is -2.38. The smallest absolute Gasteiger partial charge is 0.325 e. The fourth-order valence-electron chi connectivity index (χ4n) is 4.92. The first-order valence-corrected chi connectivity index (χ1v) is 13.9. The van der Waals surface area contributed by atoms with E-state index in [0.29, 0.717) is 11.3 Å². The van der Waals surface area contributed by atoms with Crippen molar-refractivity contribution < 1.29 is 33.3 Å². The van der Waals surface area contributed by atoms with Crippen LogP contribution in [0.25, 0.3) is 11.3 Å². The van der Waals surface area contributed by atoms with Crippen molar-refractivity contribution in [2.75, 3.05) is 13.2 Å². The number of ether oxygens (including phenoxy) is 1. The molecule has 1 fully saturated rings. The van der Waals surface area contributed by atoms with E-state index in [1.54, 1.807) is 24.3 Å². The molecular weight excluding hydrogens is 614 g/mol.